The van der Waals surface area contributed by atoms with E-state index in [2.05, 4.69) is 52.1 Å². The van der Waals surface area contributed by atoms with E-state index in [1.807, 2.05) is 0 Å². The minimum absolute atomic E-state index is 0.812. The van der Waals surface area contributed by atoms with Gasteiger partial charge in [-0.15, -0.1) is 0 Å². The molecule has 4 nitrogen and oxygen atoms in total. The van der Waals surface area contributed by atoms with Gasteiger partial charge in [0.2, 0.25) is 0 Å². The van der Waals surface area contributed by atoms with Crippen molar-refractivity contribution < 1.29 is 0 Å². The highest BCUT2D eigenvalue weighted by Gasteiger charge is 2.09. The minimum atomic E-state index is 0.812. The van der Waals surface area contributed by atoms with Gasteiger partial charge in [0, 0.05) is 18.7 Å². The number of nitrogens with one attached hydrogen (secondary N) is 2. The van der Waals surface area contributed by atoms with Gasteiger partial charge in [-0.25, -0.2) is 9.97 Å². The van der Waals surface area contributed by atoms with Crippen molar-refractivity contribution in [2.75, 3.05) is 17.2 Å². The molecule has 2 rings (SSSR count). The van der Waals surface area contributed by atoms with Gasteiger partial charge in [-0.05, 0) is 41.7 Å². The molecule has 2 N–H and O–H groups in total. The van der Waals surface area contributed by atoms with Crippen LogP contribution in [0.4, 0.5) is 11.6 Å². The van der Waals surface area contributed by atoms with E-state index >= 15 is 0 Å². The molecule has 0 aliphatic rings. The van der Waals surface area contributed by atoms with Gasteiger partial charge in [-0.2, -0.15) is 11.3 Å². The maximum Gasteiger partial charge on any atom is 0.134 e. The lowest BCUT2D eigenvalue weighted by Gasteiger charge is -2.14. The summed E-state index contributed by atoms with van der Waals surface area (Å²) in [5.41, 5.74) is 3.83. The predicted octanol–water partition coefficient (Wildman–Crippen LogP) is 3.84. The molecular weight excluding hydrogens is 268 g/mol. The van der Waals surface area contributed by atoms with E-state index in [4.69, 9.17) is 0 Å². The van der Waals surface area contributed by atoms with Gasteiger partial charge >= 0.3 is 0 Å². The van der Waals surface area contributed by atoms with Crippen LogP contribution in [-0.4, -0.2) is 16.5 Å². The van der Waals surface area contributed by atoms with E-state index in [1.165, 1.54) is 11.1 Å². The fourth-order valence-corrected chi connectivity index (χ4v) is 2.90. The fraction of sp³-hybridized carbons (Fsp3) is 0.467. The molecule has 0 spiro atoms. The lowest BCUT2D eigenvalue weighted by atomic mass is 10.2. The maximum absolute atomic E-state index is 4.39. The van der Waals surface area contributed by atoms with Crippen LogP contribution in [-0.2, 0) is 13.0 Å². The Morgan fingerprint density at radius 2 is 1.85 bits per heavy atom. The van der Waals surface area contributed by atoms with Crippen molar-refractivity contribution in [3.63, 3.8) is 0 Å². The molecule has 0 fully saturated rings. The van der Waals surface area contributed by atoms with Crippen LogP contribution in [0, 0.1) is 6.92 Å². The zero-order valence-electron chi connectivity index (χ0n) is 12.4. The Morgan fingerprint density at radius 1 is 1.10 bits per heavy atom. The topological polar surface area (TPSA) is 49.8 Å². The van der Waals surface area contributed by atoms with E-state index in [9.17, 15) is 0 Å². The molecule has 0 saturated heterocycles. The number of aromatic nitrogens is 2. The molecule has 0 atom stereocenters. The van der Waals surface area contributed by atoms with Crippen molar-refractivity contribution in [2.24, 2.45) is 0 Å². The first-order valence-corrected chi connectivity index (χ1v) is 8.03. The molecule has 2 aromatic heterocycles. The quantitative estimate of drug-likeness (QED) is 0.813. The fourth-order valence-electron chi connectivity index (χ4n) is 2.04. The van der Waals surface area contributed by atoms with Crippen LogP contribution in [0.25, 0.3) is 0 Å². The van der Waals surface area contributed by atoms with Crippen molar-refractivity contribution in [1.82, 2.24) is 9.97 Å². The Morgan fingerprint density at radius 3 is 2.45 bits per heavy atom. The molecule has 108 valence electrons. The summed E-state index contributed by atoms with van der Waals surface area (Å²) < 4.78 is 0. The molecule has 0 unspecified atom stereocenters. The second-order valence-electron chi connectivity index (χ2n) is 4.76. The van der Waals surface area contributed by atoms with E-state index < -0.39 is 0 Å². The molecule has 2 aromatic rings. The van der Waals surface area contributed by atoms with Crippen LogP contribution >= 0.6 is 11.3 Å². The molecule has 0 saturated carbocycles. The molecule has 20 heavy (non-hydrogen) atoms. The zero-order valence-corrected chi connectivity index (χ0v) is 13.2. The lowest BCUT2D eigenvalue weighted by Crippen LogP contribution is -2.10. The maximum atomic E-state index is 4.39. The number of aryl methyl sites for hydroxylation is 1. The average molecular weight is 290 g/mol. The van der Waals surface area contributed by atoms with Crippen molar-refractivity contribution in [1.29, 1.82) is 0 Å². The highest BCUT2D eigenvalue weighted by Crippen LogP contribution is 2.22. The van der Waals surface area contributed by atoms with Crippen LogP contribution < -0.4 is 10.6 Å². The van der Waals surface area contributed by atoms with Crippen molar-refractivity contribution in [3.05, 3.63) is 33.8 Å². The number of hydrogen-bond acceptors (Lipinski definition) is 5. The van der Waals surface area contributed by atoms with Gasteiger partial charge in [0.25, 0.3) is 0 Å². The lowest BCUT2D eigenvalue weighted by molar-refractivity contribution is 0.944. The predicted molar refractivity (Wildman–Crippen MR) is 86.6 cm³/mol. The highest BCUT2D eigenvalue weighted by atomic mass is 32.1. The Labute approximate surface area is 124 Å². The first-order valence-electron chi connectivity index (χ1n) is 7.09. The van der Waals surface area contributed by atoms with Gasteiger partial charge < -0.3 is 10.6 Å². The normalized spacial score (nSPS) is 10.6. The molecular formula is C15H22N4S. The van der Waals surface area contributed by atoms with Gasteiger partial charge in [0.05, 0.1) is 0 Å². The molecule has 0 radical (unpaired) electrons. The summed E-state index contributed by atoms with van der Waals surface area (Å²) in [7, 11) is 0. The Balaban J connectivity index is 2.12. The second-order valence-corrected chi connectivity index (χ2v) is 5.51. The van der Waals surface area contributed by atoms with E-state index in [0.717, 1.165) is 43.1 Å². The van der Waals surface area contributed by atoms with Crippen LogP contribution in [0.5, 0.6) is 0 Å². The molecule has 2 heterocycles. The van der Waals surface area contributed by atoms with E-state index in [0.29, 0.717) is 0 Å². The standard InChI is InChI=1S/C15H22N4S/c1-4-6-16-14-13(5-2)15(19-10-18-14)17-7-12-9-20-8-11(12)3/h8-10H,4-7H2,1-3H3,(H2,16,17,18,19). The Kier molecular flexibility index (Phi) is 5.35. The third kappa shape index (κ3) is 3.48. The Hall–Kier alpha value is -1.62. The van der Waals surface area contributed by atoms with Crippen LogP contribution in [0.2, 0.25) is 0 Å². The van der Waals surface area contributed by atoms with E-state index in [1.54, 1.807) is 17.7 Å². The molecule has 5 heteroatoms. The number of nitrogens with zero attached hydrogens (tertiary/aromatic N) is 2. The number of thiophene rings is 1. The highest BCUT2D eigenvalue weighted by molar-refractivity contribution is 7.08. The molecule has 0 amide bonds. The number of hydrogen-bond donors (Lipinski definition) is 2. The summed E-state index contributed by atoms with van der Waals surface area (Å²) in [6.07, 6.45) is 3.63. The molecule has 0 aromatic carbocycles. The third-order valence-electron chi connectivity index (χ3n) is 3.25. The largest absolute Gasteiger partial charge is 0.370 e. The van der Waals surface area contributed by atoms with Crippen LogP contribution in [0.3, 0.4) is 0 Å². The summed E-state index contributed by atoms with van der Waals surface area (Å²) in [6.45, 7) is 8.18. The zero-order chi connectivity index (χ0) is 14.4. The summed E-state index contributed by atoms with van der Waals surface area (Å²) in [5.74, 6) is 1.89. The SMILES string of the molecule is CCCNc1ncnc(NCc2cscc2C)c1CC. The number of anilines is 2. The molecule has 0 aliphatic carbocycles. The monoisotopic (exact) mass is 290 g/mol. The first kappa shape index (κ1) is 14.8. The van der Waals surface area contributed by atoms with Gasteiger partial charge in [0.1, 0.15) is 18.0 Å². The average Bonchev–Trinajstić information content (AvgIpc) is 2.88. The van der Waals surface area contributed by atoms with Gasteiger partial charge in [-0.1, -0.05) is 13.8 Å². The van der Waals surface area contributed by atoms with E-state index in [-0.39, 0.29) is 0 Å². The summed E-state index contributed by atoms with van der Waals surface area (Å²) in [4.78, 5) is 8.74. The number of rotatable bonds is 7. The van der Waals surface area contributed by atoms with Crippen LogP contribution in [0.15, 0.2) is 17.1 Å². The van der Waals surface area contributed by atoms with Crippen molar-refractivity contribution in [3.8, 4) is 0 Å². The summed E-state index contributed by atoms with van der Waals surface area (Å²) in [5, 5.41) is 11.2. The first-order chi connectivity index (χ1) is 9.76. The van der Waals surface area contributed by atoms with Gasteiger partial charge in [0.15, 0.2) is 0 Å². The Bertz CT molecular complexity index is 551. The minimum Gasteiger partial charge on any atom is -0.370 e. The summed E-state index contributed by atoms with van der Waals surface area (Å²) >= 11 is 1.74. The second kappa shape index (κ2) is 7.24. The van der Waals surface area contributed by atoms with Crippen molar-refractivity contribution in [2.45, 2.75) is 40.2 Å². The molecule has 0 aliphatic heterocycles. The van der Waals surface area contributed by atoms with Crippen molar-refractivity contribution >= 4 is 23.0 Å². The molecule has 0 bridgehead atoms. The smallest absolute Gasteiger partial charge is 0.134 e. The van der Waals surface area contributed by atoms with Gasteiger partial charge in [-0.3, -0.25) is 0 Å². The third-order valence-corrected chi connectivity index (χ3v) is 4.16. The van der Waals surface area contributed by atoms with Crippen LogP contribution in [0.1, 0.15) is 37.0 Å². The summed E-state index contributed by atoms with van der Waals surface area (Å²) in [6, 6.07) is 0.